The van der Waals surface area contributed by atoms with Gasteiger partial charge in [-0.3, -0.25) is 0 Å². The van der Waals surface area contributed by atoms with E-state index in [-0.39, 0.29) is 0 Å². The first-order valence-corrected chi connectivity index (χ1v) is 9.57. The number of hydrogen-bond acceptors (Lipinski definition) is 3. The van der Waals surface area contributed by atoms with Gasteiger partial charge in [0, 0.05) is 13.0 Å². The van der Waals surface area contributed by atoms with Gasteiger partial charge < -0.3 is 4.57 Å². The van der Waals surface area contributed by atoms with Crippen molar-refractivity contribution in [3.63, 3.8) is 0 Å². The molecule has 0 spiro atoms. The van der Waals surface area contributed by atoms with Crippen molar-refractivity contribution >= 4 is 11.8 Å². The summed E-state index contributed by atoms with van der Waals surface area (Å²) in [6.07, 6.45) is 4.82. The molecule has 0 fully saturated rings. The number of benzene rings is 2. The van der Waals surface area contributed by atoms with Gasteiger partial charge >= 0.3 is 0 Å². The van der Waals surface area contributed by atoms with Crippen molar-refractivity contribution in [3.8, 4) is 11.1 Å². The molecule has 0 saturated carbocycles. The molecule has 1 aliphatic carbocycles. The Morgan fingerprint density at radius 3 is 2.29 bits per heavy atom. The Morgan fingerprint density at radius 2 is 1.54 bits per heavy atom. The molecule has 0 amide bonds. The van der Waals surface area contributed by atoms with Crippen molar-refractivity contribution in [3.05, 3.63) is 65.5 Å². The highest BCUT2D eigenvalue weighted by molar-refractivity contribution is 7.99. The lowest BCUT2D eigenvalue weighted by atomic mass is 10.1. The van der Waals surface area contributed by atoms with Crippen molar-refractivity contribution in [1.29, 1.82) is 0 Å². The Balaban J connectivity index is 1.57. The molecule has 1 aromatic heterocycles. The minimum absolute atomic E-state index is 0.314. The zero-order valence-corrected chi connectivity index (χ0v) is 14.3. The minimum atomic E-state index is 0.314. The summed E-state index contributed by atoms with van der Waals surface area (Å²) in [5.41, 5.74) is 5.52. The van der Waals surface area contributed by atoms with E-state index in [9.17, 15) is 0 Å². The normalized spacial score (nSPS) is 16.3. The van der Waals surface area contributed by atoms with Gasteiger partial charge in [-0.05, 0) is 35.1 Å². The van der Waals surface area contributed by atoms with E-state index in [2.05, 4.69) is 63.3 Å². The maximum Gasteiger partial charge on any atom is 0.192 e. The molecule has 2 aliphatic rings. The zero-order valence-electron chi connectivity index (χ0n) is 13.5. The van der Waals surface area contributed by atoms with E-state index >= 15 is 0 Å². The predicted octanol–water partition coefficient (Wildman–Crippen LogP) is 4.87. The van der Waals surface area contributed by atoms with Crippen LogP contribution >= 0.6 is 11.8 Å². The van der Waals surface area contributed by atoms with Gasteiger partial charge in [-0.25, -0.2) is 0 Å². The summed E-state index contributed by atoms with van der Waals surface area (Å²) in [7, 11) is 0. The molecule has 0 N–H and O–H groups in total. The van der Waals surface area contributed by atoms with Crippen LogP contribution in [-0.2, 0) is 13.0 Å². The van der Waals surface area contributed by atoms with Crippen LogP contribution in [0.15, 0.2) is 53.7 Å². The highest BCUT2D eigenvalue weighted by atomic mass is 32.2. The van der Waals surface area contributed by atoms with Gasteiger partial charge in [-0.2, -0.15) is 0 Å². The van der Waals surface area contributed by atoms with Crippen LogP contribution in [0, 0.1) is 0 Å². The van der Waals surface area contributed by atoms with Crippen molar-refractivity contribution in [2.75, 3.05) is 0 Å². The Morgan fingerprint density at radius 1 is 0.833 bits per heavy atom. The van der Waals surface area contributed by atoms with Crippen LogP contribution in [0.4, 0.5) is 0 Å². The molecular weight excluding hydrogens is 314 g/mol. The number of aryl methyl sites for hydroxylation is 1. The van der Waals surface area contributed by atoms with E-state index in [4.69, 9.17) is 0 Å². The molecule has 120 valence electrons. The summed E-state index contributed by atoms with van der Waals surface area (Å²) in [5.74, 6) is 1.16. The molecule has 2 aromatic carbocycles. The molecule has 0 unspecified atom stereocenters. The molecule has 0 atom stereocenters. The second-order valence-electron chi connectivity index (χ2n) is 6.53. The molecule has 0 bridgehead atoms. The van der Waals surface area contributed by atoms with Gasteiger partial charge in [0.2, 0.25) is 0 Å². The molecule has 24 heavy (non-hydrogen) atoms. The van der Waals surface area contributed by atoms with Crippen LogP contribution in [0.3, 0.4) is 0 Å². The van der Waals surface area contributed by atoms with Crippen LogP contribution in [0.2, 0.25) is 0 Å². The Labute approximate surface area is 146 Å². The van der Waals surface area contributed by atoms with Crippen molar-refractivity contribution in [2.45, 2.75) is 42.6 Å². The minimum Gasteiger partial charge on any atom is -0.306 e. The lowest BCUT2D eigenvalue weighted by Gasteiger charge is -2.14. The summed E-state index contributed by atoms with van der Waals surface area (Å²) in [5, 5.41) is 10.4. The fourth-order valence-corrected chi connectivity index (χ4v) is 5.17. The number of aromatic nitrogens is 3. The Hall–Kier alpha value is -2.07. The van der Waals surface area contributed by atoms with Gasteiger partial charge in [0.15, 0.2) is 5.16 Å². The number of fused-ring (bicyclic) bond motifs is 4. The van der Waals surface area contributed by atoms with E-state index in [1.165, 1.54) is 41.5 Å². The van der Waals surface area contributed by atoms with Crippen LogP contribution in [0.5, 0.6) is 0 Å². The number of nitrogens with zero attached hydrogens (tertiary/aromatic N) is 3. The molecule has 5 rings (SSSR count). The molecule has 4 heteroatoms. The number of rotatable bonds is 2. The topological polar surface area (TPSA) is 30.7 Å². The first-order chi connectivity index (χ1) is 11.9. The lowest BCUT2D eigenvalue weighted by Crippen LogP contribution is -2.03. The highest BCUT2D eigenvalue weighted by Gasteiger charge is 2.30. The summed E-state index contributed by atoms with van der Waals surface area (Å²) >= 11 is 1.86. The van der Waals surface area contributed by atoms with Gasteiger partial charge in [-0.1, -0.05) is 66.7 Å². The summed E-state index contributed by atoms with van der Waals surface area (Å²) in [6.45, 7) is 1.06. The second-order valence-corrected chi connectivity index (χ2v) is 7.61. The third-order valence-corrected chi connectivity index (χ3v) is 6.33. The SMILES string of the molecule is c1ccc2c(c1)-c1ccccc1C2Sc1nnc2n1CCCCC2. The van der Waals surface area contributed by atoms with E-state index in [1.54, 1.807) is 0 Å². The first-order valence-electron chi connectivity index (χ1n) is 8.69. The van der Waals surface area contributed by atoms with E-state index in [0.717, 1.165) is 23.9 Å². The fourth-order valence-electron chi connectivity index (χ4n) is 3.89. The fraction of sp³-hybridized carbons (Fsp3) is 0.300. The van der Waals surface area contributed by atoms with E-state index in [0.29, 0.717) is 5.25 Å². The van der Waals surface area contributed by atoms with Crippen LogP contribution < -0.4 is 0 Å². The van der Waals surface area contributed by atoms with Crippen molar-refractivity contribution in [1.82, 2.24) is 14.8 Å². The molecule has 3 nitrogen and oxygen atoms in total. The Kier molecular flexibility index (Phi) is 3.44. The lowest BCUT2D eigenvalue weighted by molar-refractivity contribution is 0.590. The van der Waals surface area contributed by atoms with E-state index < -0.39 is 0 Å². The van der Waals surface area contributed by atoms with Crippen LogP contribution in [0.1, 0.15) is 41.5 Å². The third kappa shape index (κ3) is 2.20. The van der Waals surface area contributed by atoms with Gasteiger partial charge in [-0.15, -0.1) is 10.2 Å². The highest BCUT2D eigenvalue weighted by Crippen LogP contribution is 2.51. The van der Waals surface area contributed by atoms with Gasteiger partial charge in [0.1, 0.15) is 5.82 Å². The van der Waals surface area contributed by atoms with Crippen LogP contribution in [0.25, 0.3) is 11.1 Å². The maximum absolute atomic E-state index is 4.52. The first kappa shape index (κ1) is 14.3. The van der Waals surface area contributed by atoms with Gasteiger partial charge in [0.25, 0.3) is 0 Å². The maximum atomic E-state index is 4.52. The zero-order chi connectivity index (χ0) is 15.9. The molecule has 0 radical (unpaired) electrons. The molecule has 2 heterocycles. The summed E-state index contributed by atoms with van der Waals surface area (Å²) < 4.78 is 2.35. The molecule has 1 aliphatic heterocycles. The molecule has 0 saturated heterocycles. The monoisotopic (exact) mass is 333 g/mol. The quantitative estimate of drug-likeness (QED) is 0.670. The average Bonchev–Trinajstić information content (AvgIpc) is 3.05. The van der Waals surface area contributed by atoms with Gasteiger partial charge in [0.05, 0.1) is 5.25 Å². The second kappa shape index (κ2) is 5.78. The van der Waals surface area contributed by atoms with Crippen LogP contribution in [-0.4, -0.2) is 14.8 Å². The van der Waals surface area contributed by atoms with E-state index in [1.807, 2.05) is 11.8 Å². The molecule has 3 aromatic rings. The molecular formula is C20H19N3S. The summed E-state index contributed by atoms with van der Waals surface area (Å²) in [6, 6.07) is 17.5. The van der Waals surface area contributed by atoms with Crippen molar-refractivity contribution < 1.29 is 0 Å². The predicted molar refractivity (Wildman–Crippen MR) is 97.2 cm³/mol. The number of hydrogen-bond donors (Lipinski definition) is 0. The third-order valence-electron chi connectivity index (χ3n) is 5.08. The summed E-state index contributed by atoms with van der Waals surface area (Å²) in [4.78, 5) is 0. The largest absolute Gasteiger partial charge is 0.306 e. The average molecular weight is 333 g/mol. The standard InChI is InChI=1S/C20H19N3S/c1-2-12-18-21-22-20(23(18)13-7-1)24-19-16-10-5-3-8-14(16)15-9-4-6-11-17(15)19/h3-6,8-11,19H,1-2,7,12-13H2. The van der Waals surface area contributed by atoms with Crippen molar-refractivity contribution in [2.24, 2.45) is 0 Å². The number of thioether (sulfide) groups is 1. The smallest absolute Gasteiger partial charge is 0.192 e. The Bertz CT molecular complexity index is 854.